The van der Waals surface area contributed by atoms with Gasteiger partial charge in [-0.25, -0.2) is 0 Å². The second-order valence-electron chi connectivity index (χ2n) is 5.69. The summed E-state index contributed by atoms with van der Waals surface area (Å²) in [4.78, 5) is 29.9. The third-order valence-corrected chi connectivity index (χ3v) is 3.91. The molecule has 0 unspecified atom stereocenters. The number of Topliss-reactive ketones (excluding diaryl/α,β-unsaturated/α-hetero) is 1. The number of aromatic nitrogens is 1. The standard InChI is InChI=1S/C18H24N2O3/c1-5-7-20(8-6-2)18(22)17(21)15-11-19-16-12(3)9-13(23-4)10-14(15)16/h9-11,19H,5-8H2,1-4H3. The molecule has 5 heteroatoms. The third-order valence-electron chi connectivity index (χ3n) is 3.91. The van der Waals surface area contributed by atoms with E-state index in [9.17, 15) is 9.59 Å². The van der Waals surface area contributed by atoms with E-state index in [-0.39, 0.29) is 0 Å². The van der Waals surface area contributed by atoms with Crippen molar-refractivity contribution < 1.29 is 14.3 Å². The van der Waals surface area contributed by atoms with Gasteiger partial charge in [-0.3, -0.25) is 9.59 Å². The average molecular weight is 316 g/mol. The van der Waals surface area contributed by atoms with Gasteiger partial charge in [0.15, 0.2) is 0 Å². The number of H-pyrrole nitrogens is 1. The number of hydrogen-bond donors (Lipinski definition) is 1. The molecule has 1 aromatic heterocycles. The van der Waals surface area contributed by atoms with Gasteiger partial charge in [-0.05, 0) is 37.5 Å². The quantitative estimate of drug-likeness (QED) is 0.629. The van der Waals surface area contributed by atoms with Crippen molar-refractivity contribution >= 4 is 22.6 Å². The zero-order valence-corrected chi connectivity index (χ0v) is 14.2. The molecule has 0 bridgehead atoms. The van der Waals surface area contributed by atoms with E-state index in [1.807, 2.05) is 26.8 Å². The molecule has 0 aliphatic carbocycles. The molecule has 1 aromatic carbocycles. The highest BCUT2D eigenvalue weighted by atomic mass is 16.5. The Labute approximate surface area is 136 Å². The number of aromatic amines is 1. The normalized spacial score (nSPS) is 10.8. The second kappa shape index (κ2) is 7.31. The van der Waals surface area contributed by atoms with E-state index < -0.39 is 11.7 Å². The zero-order chi connectivity index (χ0) is 17.0. The maximum Gasteiger partial charge on any atom is 0.295 e. The first kappa shape index (κ1) is 17.1. The summed E-state index contributed by atoms with van der Waals surface area (Å²) >= 11 is 0. The molecule has 0 saturated carbocycles. The van der Waals surface area contributed by atoms with Gasteiger partial charge in [0.25, 0.3) is 11.7 Å². The van der Waals surface area contributed by atoms with Crippen LogP contribution < -0.4 is 4.74 Å². The van der Waals surface area contributed by atoms with Crippen molar-refractivity contribution in [2.45, 2.75) is 33.6 Å². The SMILES string of the molecule is CCCN(CCC)C(=O)C(=O)c1c[nH]c2c(C)cc(OC)cc12. The number of benzene rings is 1. The Morgan fingerprint density at radius 2 is 1.83 bits per heavy atom. The zero-order valence-electron chi connectivity index (χ0n) is 14.2. The molecule has 2 rings (SSSR count). The lowest BCUT2D eigenvalue weighted by atomic mass is 10.1. The fourth-order valence-electron chi connectivity index (χ4n) is 2.80. The molecular formula is C18H24N2O3. The molecule has 124 valence electrons. The number of methoxy groups -OCH3 is 1. The van der Waals surface area contributed by atoms with E-state index in [1.54, 1.807) is 24.3 Å². The number of aryl methyl sites for hydroxylation is 1. The predicted octanol–water partition coefficient (Wildman–Crippen LogP) is 3.32. The molecule has 0 aliphatic rings. The Bertz CT molecular complexity index is 712. The van der Waals surface area contributed by atoms with Crippen LogP contribution in [-0.2, 0) is 4.79 Å². The van der Waals surface area contributed by atoms with Crippen LogP contribution in [0.5, 0.6) is 5.75 Å². The minimum absolute atomic E-state index is 0.407. The highest BCUT2D eigenvalue weighted by Crippen LogP contribution is 2.27. The number of carbonyl (C=O) groups excluding carboxylic acids is 2. The third kappa shape index (κ3) is 3.38. The molecule has 0 atom stereocenters. The summed E-state index contributed by atoms with van der Waals surface area (Å²) in [5.41, 5.74) is 2.24. The van der Waals surface area contributed by atoms with Crippen LogP contribution in [-0.4, -0.2) is 41.8 Å². The van der Waals surface area contributed by atoms with Gasteiger partial charge in [-0.1, -0.05) is 13.8 Å². The molecule has 0 radical (unpaired) electrons. The Morgan fingerprint density at radius 3 is 2.39 bits per heavy atom. The molecule has 5 nitrogen and oxygen atoms in total. The van der Waals surface area contributed by atoms with Gasteiger partial charge in [0.2, 0.25) is 0 Å². The first-order valence-corrected chi connectivity index (χ1v) is 8.02. The summed E-state index contributed by atoms with van der Waals surface area (Å²) < 4.78 is 5.27. The number of ether oxygens (including phenoxy) is 1. The Balaban J connectivity index is 2.40. The smallest absolute Gasteiger partial charge is 0.295 e. The Hall–Kier alpha value is -2.30. The fraction of sp³-hybridized carbons (Fsp3) is 0.444. The molecular weight excluding hydrogens is 292 g/mol. The summed E-state index contributed by atoms with van der Waals surface area (Å²) in [7, 11) is 1.59. The van der Waals surface area contributed by atoms with Gasteiger partial charge >= 0.3 is 0 Å². The van der Waals surface area contributed by atoms with Gasteiger partial charge in [0.05, 0.1) is 12.7 Å². The number of ketones is 1. The maximum atomic E-state index is 12.7. The highest BCUT2D eigenvalue weighted by Gasteiger charge is 2.25. The average Bonchev–Trinajstić information content (AvgIpc) is 2.97. The number of hydrogen-bond acceptors (Lipinski definition) is 3. The van der Waals surface area contributed by atoms with E-state index in [1.165, 1.54) is 0 Å². The minimum Gasteiger partial charge on any atom is -0.497 e. The van der Waals surface area contributed by atoms with Crippen LogP contribution in [0.25, 0.3) is 10.9 Å². The van der Waals surface area contributed by atoms with Crippen LogP contribution in [0, 0.1) is 6.92 Å². The molecule has 0 saturated heterocycles. The van der Waals surface area contributed by atoms with Crippen LogP contribution in [0.1, 0.15) is 42.6 Å². The summed E-state index contributed by atoms with van der Waals surface area (Å²) in [5, 5.41) is 0.730. The van der Waals surface area contributed by atoms with E-state index in [0.29, 0.717) is 24.4 Å². The first-order valence-electron chi connectivity index (χ1n) is 8.02. The van der Waals surface area contributed by atoms with Gasteiger partial charge in [-0.2, -0.15) is 0 Å². The van der Waals surface area contributed by atoms with E-state index in [2.05, 4.69) is 4.98 Å². The van der Waals surface area contributed by atoms with Crippen molar-refractivity contribution in [2.75, 3.05) is 20.2 Å². The highest BCUT2D eigenvalue weighted by molar-refractivity contribution is 6.44. The molecule has 1 heterocycles. The fourth-order valence-corrected chi connectivity index (χ4v) is 2.80. The van der Waals surface area contributed by atoms with Crippen LogP contribution in [0.3, 0.4) is 0 Å². The largest absolute Gasteiger partial charge is 0.497 e. The number of rotatable bonds is 7. The first-order chi connectivity index (χ1) is 11.0. The molecule has 0 fully saturated rings. The second-order valence-corrected chi connectivity index (χ2v) is 5.69. The molecule has 0 spiro atoms. The molecule has 23 heavy (non-hydrogen) atoms. The predicted molar refractivity (Wildman–Crippen MR) is 91.1 cm³/mol. The van der Waals surface area contributed by atoms with Gasteiger partial charge < -0.3 is 14.6 Å². The van der Waals surface area contributed by atoms with Gasteiger partial charge in [0.1, 0.15) is 5.75 Å². The van der Waals surface area contributed by atoms with Crippen molar-refractivity contribution in [3.8, 4) is 5.75 Å². The van der Waals surface area contributed by atoms with E-state index in [4.69, 9.17) is 4.74 Å². The van der Waals surface area contributed by atoms with E-state index in [0.717, 1.165) is 29.3 Å². The van der Waals surface area contributed by atoms with Gasteiger partial charge in [0, 0.05) is 30.2 Å². The number of fused-ring (bicyclic) bond motifs is 1. The Kier molecular flexibility index (Phi) is 5.42. The van der Waals surface area contributed by atoms with Crippen LogP contribution >= 0.6 is 0 Å². The van der Waals surface area contributed by atoms with Gasteiger partial charge in [-0.15, -0.1) is 0 Å². The topological polar surface area (TPSA) is 62.4 Å². The summed E-state index contributed by atoms with van der Waals surface area (Å²) in [6, 6.07) is 3.69. The number of amides is 1. The molecule has 1 N–H and O–H groups in total. The molecule has 1 amide bonds. The van der Waals surface area contributed by atoms with Crippen molar-refractivity contribution in [2.24, 2.45) is 0 Å². The van der Waals surface area contributed by atoms with Crippen molar-refractivity contribution in [1.82, 2.24) is 9.88 Å². The van der Waals surface area contributed by atoms with Crippen LogP contribution in [0.15, 0.2) is 18.3 Å². The number of carbonyl (C=O) groups is 2. The van der Waals surface area contributed by atoms with Crippen molar-refractivity contribution in [3.05, 3.63) is 29.5 Å². The summed E-state index contributed by atoms with van der Waals surface area (Å²) in [6.07, 6.45) is 3.28. The molecule has 2 aromatic rings. The van der Waals surface area contributed by atoms with E-state index >= 15 is 0 Å². The number of nitrogens with one attached hydrogen (secondary N) is 1. The molecule has 0 aliphatic heterocycles. The van der Waals surface area contributed by atoms with Crippen LogP contribution in [0.4, 0.5) is 0 Å². The monoisotopic (exact) mass is 316 g/mol. The minimum atomic E-state index is -0.467. The number of nitrogens with zero attached hydrogens (tertiary/aromatic N) is 1. The lowest BCUT2D eigenvalue weighted by molar-refractivity contribution is -0.126. The summed E-state index contributed by atoms with van der Waals surface area (Å²) in [5.74, 6) is -0.226. The lowest BCUT2D eigenvalue weighted by Gasteiger charge is -2.20. The summed E-state index contributed by atoms with van der Waals surface area (Å²) in [6.45, 7) is 7.14. The van der Waals surface area contributed by atoms with Crippen molar-refractivity contribution in [1.29, 1.82) is 0 Å². The van der Waals surface area contributed by atoms with Crippen molar-refractivity contribution in [3.63, 3.8) is 0 Å². The van der Waals surface area contributed by atoms with Crippen LogP contribution in [0.2, 0.25) is 0 Å². The maximum absolute atomic E-state index is 12.7. The Morgan fingerprint density at radius 1 is 1.17 bits per heavy atom. The lowest BCUT2D eigenvalue weighted by Crippen LogP contribution is -2.37.